The van der Waals surface area contributed by atoms with Crippen LogP contribution >= 0.6 is 11.3 Å². The second-order valence-corrected chi connectivity index (χ2v) is 8.82. The molecular weight excluding hydrogens is 424 g/mol. The van der Waals surface area contributed by atoms with E-state index < -0.39 is 0 Å². The average molecular weight is 457 g/mol. The lowest BCUT2D eigenvalue weighted by Crippen LogP contribution is -2.42. The van der Waals surface area contributed by atoms with Crippen molar-refractivity contribution in [3.63, 3.8) is 0 Å². The summed E-state index contributed by atoms with van der Waals surface area (Å²) in [6, 6.07) is 9.70. The third-order valence-corrected chi connectivity index (χ3v) is 6.59. The van der Waals surface area contributed by atoms with E-state index in [2.05, 4.69) is 41.5 Å². The Morgan fingerprint density at radius 1 is 0.969 bits per heavy atom. The number of carbonyl (C=O) groups is 3. The van der Waals surface area contributed by atoms with Crippen LogP contribution in [0.2, 0.25) is 0 Å². The van der Waals surface area contributed by atoms with Crippen LogP contribution < -0.4 is 10.6 Å². The highest BCUT2D eigenvalue weighted by Crippen LogP contribution is 2.22. The summed E-state index contributed by atoms with van der Waals surface area (Å²) < 4.78 is 0. The fraction of sp³-hybridized carbons (Fsp3) is 0.458. The second kappa shape index (κ2) is 11.8. The summed E-state index contributed by atoms with van der Waals surface area (Å²) in [6.45, 7) is 7.05. The number of carbonyl (C=O) groups excluding carboxylic acids is 3. The lowest BCUT2D eigenvalue weighted by atomic mass is 10.0. The lowest BCUT2D eigenvalue weighted by Gasteiger charge is -2.22. The number of nitrogens with one attached hydrogen (secondary N) is 2. The Morgan fingerprint density at radius 3 is 2.38 bits per heavy atom. The van der Waals surface area contributed by atoms with E-state index in [0.717, 1.165) is 42.6 Å². The third-order valence-electron chi connectivity index (χ3n) is 5.72. The molecule has 1 aliphatic rings. The first-order valence-electron chi connectivity index (χ1n) is 11.2. The molecule has 0 atom stereocenters. The van der Waals surface area contributed by atoms with Crippen molar-refractivity contribution in [2.45, 2.75) is 33.1 Å². The standard InChI is InChI=1S/C24H32N4O3S/c1-3-18-8-5-9-19(4-2)23(18)26-21(29)17-27-11-7-12-28(14-13-27)22(30)16-25-24(31)20-10-6-15-32-20/h5-6,8-10,15H,3-4,7,11-14,16-17H2,1-2H3,(H,25,31)(H,26,29). The molecular formula is C24H32N4O3S. The first-order valence-corrected chi connectivity index (χ1v) is 12.1. The molecule has 0 radical (unpaired) electrons. The van der Waals surface area contributed by atoms with E-state index in [1.807, 2.05) is 17.5 Å². The summed E-state index contributed by atoms with van der Waals surface area (Å²) in [5, 5.41) is 7.65. The van der Waals surface area contributed by atoms with E-state index in [1.165, 1.54) is 11.3 Å². The molecule has 0 bridgehead atoms. The molecule has 1 saturated heterocycles. The molecule has 3 rings (SSSR count). The van der Waals surface area contributed by atoms with Crippen molar-refractivity contribution in [1.29, 1.82) is 0 Å². The minimum absolute atomic E-state index is 0.00911. The van der Waals surface area contributed by atoms with Gasteiger partial charge in [-0.3, -0.25) is 19.3 Å². The van der Waals surface area contributed by atoms with Gasteiger partial charge in [0.2, 0.25) is 11.8 Å². The van der Waals surface area contributed by atoms with Crippen LogP contribution in [0.25, 0.3) is 0 Å². The maximum atomic E-state index is 12.8. The molecule has 0 unspecified atom stereocenters. The van der Waals surface area contributed by atoms with Gasteiger partial charge < -0.3 is 15.5 Å². The maximum Gasteiger partial charge on any atom is 0.261 e. The van der Waals surface area contributed by atoms with Gasteiger partial charge in [0.25, 0.3) is 5.91 Å². The summed E-state index contributed by atoms with van der Waals surface area (Å²) in [4.78, 5) is 41.8. The minimum atomic E-state index is -0.222. The van der Waals surface area contributed by atoms with Crippen molar-refractivity contribution >= 4 is 34.7 Å². The number of hydrogen-bond donors (Lipinski definition) is 2. The van der Waals surface area contributed by atoms with E-state index in [0.29, 0.717) is 31.1 Å². The Labute approximate surface area is 193 Å². The summed E-state index contributed by atoms with van der Waals surface area (Å²) in [5.74, 6) is -0.338. The zero-order valence-electron chi connectivity index (χ0n) is 18.9. The highest BCUT2D eigenvalue weighted by molar-refractivity contribution is 7.12. The summed E-state index contributed by atoms with van der Waals surface area (Å²) >= 11 is 1.35. The van der Waals surface area contributed by atoms with Gasteiger partial charge in [-0.2, -0.15) is 0 Å². The Hall–Kier alpha value is -2.71. The van der Waals surface area contributed by atoms with Gasteiger partial charge in [0, 0.05) is 31.9 Å². The van der Waals surface area contributed by atoms with E-state index in [1.54, 1.807) is 11.0 Å². The Balaban J connectivity index is 1.48. The molecule has 1 aliphatic heterocycles. The molecule has 8 heteroatoms. The number of hydrogen-bond acceptors (Lipinski definition) is 5. The molecule has 32 heavy (non-hydrogen) atoms. The van der Waals surface area contributed by atoms with Gasteiger partial charge in [0.1, 0.15) is 0 Å². The smallest absolute Gasteiger partial charge is 0.261 e. The molecule has 1 fully saturated rings. The van der Waals surface area contributed by atoms with Crippen LogP contribution in [0.15, 0.2) is 35.7 Å². The number of aryl methyl sites for hydroxylation is 2. The van der Waals surface area contributed by atoms with Crippen molar-refractivity contribution < 1.29 is 14.4 Å². The molecule has 1 aromatic carbocycles. The van der Waals surface area contributed by atoms with E-state index in [4.69, 9.17) is 0 Å². The number of para-hydroxylation sites is 1. The Bertz CT molecular complexity index is 907. The molecule has 2 aromatic rings. The van der Waals surface area contributed by atoms with Crippen LogP contribution in [0, 0.1) is 0 Å². The third kappa shape index (κ3) is 6.40. The van der Waals surface area contributed by atoms with Crippen LogP contribution in [-0.4, -0.2) is 66.8 Å². The van der Waals surface area contributed by atoms with Gasteiger partial charge in [-0.05, 0) is 41.8 Å². The predicted octanol–water partition coefficient (Wildman–Crippen LogP) is 2.78. The van der Waals surface area contributed by atoms with Crippen LogP contribution in [0.5, 0.6) is 0 Å². The zero-order valence-corrected chi connectivity index (χ0v) is 19.7. The number of nitrogens with zero attached hydrogens (tertiary/aromatic N) is 2. The minimum Gasteiger partial charge on any atom is -0.342 e. The monoisotopic (exact) mass is 456 g/mol. The highest BCUT2D eigenvalue weighted by Gasteiger charge is 2.21. The fourth-order valence-corrected chi connectivity index (χ4v) is 4.57. The van der Waals surface area contributed by atoms with E-state index >= 15 is 0 Å². The molecule has 0 aliphatic carbocycles. The largest absolute Gasteiger partial charge is 0.342 e. The zero-order chi connectivity index (χ0) is 22.9. The van der Waals surface area contributed by atoms with Gasteiger partial charge >= 0.3 is 0 Å². The number of anilines is 1. The molecule has 3 amide bonds. The number of rotatable bonds is 8. The summed E-state index contributed by atoms with van der Waals surface area (Å²) in [7, 11) is 0. The lowest BCUT2D eigenvalue weighted by molar-refractivity contribution is -0.129. The maximum absolute atomic E-state index is 12.8. The van der Waals surface area contributed by atoms with Gasteiger partial charge in [-0.25, -0.2) is 0 Å². The average Bonchev–Trinajstić information content (AvgIpc) is 3.24. The summed E-state index contributed by atoms with van der Waals surface area (Å²) in [5.41, 5.74) is 3.24. The van der Waals surface area contributed by atoms with Crippen LogP contribution in [0.1, 0.15) is 41.1 Å². The van der Waals surface area contributed by atoms with Crippen molar-refractivity contribution in [3.05, 3.63) is 51.7 Å². The molecule has 2 N–H and O–H groups in total. The number of amides is 3. The first-order chi connectivity index (χ1) is 15.5. The first kappa shape index (κ1) is 23.9. The quantitative estimate of drug-likeness (QED) is 0.640. The van der Waals surface area contributed by atoms with Crippen molar-refractivity contribution in [2.75, 3.05) is 44.6 Å². The van der Waals surface area contributed by atoms with Gasteiger partial charge in [-0.1, -0.05) is 38.1 Å². The molecule has 2 heterocycles. The van der Waals surface area contributed by atoms with Crippen molar-refractivity contribution in [3.8, 4) is 0 Å². The molecule has 0 saturated carbocycles. The van der Waals surface area contributed by atoms with Gasteiger partial charge in [0.15, 0.2) is 0 Å². The molecule has 7 nitrogen and oxygen atoms in total. The summed E-state index contributed by atoms with van der Waals surface area (Å²) in [6.07, 6.45) is 2.53. The van der Waals surface area contributed by atoms with Crippen molar-refractivity contribution in [1.82, 2.24) is 15.1 Å². The normalized spacial score (nSPS) is 14.6. The molecule has 172 valence electrons. The second-order valence-electron chi connectivity index (χ2n) is 7.88. The van der Waals surface area contributed by atoms with Crippen LogP contribution in [-0.2, 0) is 22.4 Å². The fourth-order valence-electron chi connectivity index (χ4n) is 3.93. The van der Waals surface area contributed by atoms with Gasteiger partial charge in [-0.15, -0.1) is 11.3 Å². The van der Waals surface area contributed by atoms with Crippen molar-refractivity contribution in [2.24, 2.45) is 0 Å². The molecule has 0 spiro atoms. The van der Waals surface area contributed by atoms with Crippen LogP contribution in [0.3, 0.4) is 0 Å². The SMILES string of the molecule is CCc1cccc(CC)c1NC(=O)CN1CCCN(C(=O)CNC(=O)c2cccs2)CC1. The van der Waals surface area contributed by atoms with Crippen LogP contribution in [0.4, 0.5) is 5.69 Å². The Morgan fingerprint density at radius 2 is 1.72 bits per heavy atom. The van der Waals surface area contributed by atoms with Gasteiger partial charge in [0.05, 0.1) is 18.0 Å². The van der Waals surface area contributed by atoms with E-state index in [-0.39, 0.29) is 24.3 Å². The number of thiophene rings is 1. The topological polar surface area (TPSA) is 81.8 Å². The number of benzene rings is 1. The van der Waals surface area contributed by atoms with E-state index in [9.17, 15) is 14.4 Å². The highest BCUT2D eigenvalue weighted by atomic mass is 32.1. The predicted molar refractivity (Wildman–Crippen MR) is 128 cm³/mol. The molecule has 1 aromatic heterocycles. The Kier molecular flexibility index (Phi) is 8.81.